The molecule has 1 aromatic heterocycles. The second-order valence-electron chi connectivity index (χ2n) is 5.51. The number of aromatic hydroxyl groups is 1. The number of nitrogens with one attached hydrogen (secondary N) is 2. The molecular weight excluding hydrogens is 296 g/mol. The molecule has 7 heteroatoms. The summed E-state index contributed by atoms with van der Waals surface area (Å²) in [5.41, 5.74) is 5.14. The molecule has 1 aliphatic carbocycles. The van der Waals surface area contributed by atoms with Crippen LogP contribution < -0.4 is 10.2 Å². The number of aromatic nitrogens is 2. The lowest BCUT2D eigenvalue weighted by molar-refractivity contribution is 0.0950. The Hall–Kier alpha value is -2.83. The quantitative estimate of drug-likeness (QED) is 0.581. The second-order valence-corrected chi connectivity index (χ2v) is 5.51. The maximum atomic E-state index is 12.0. The number of H-pyrrole nitrogens is 1. The zero-order valence-corrected chi connectivity index (χ0v) is 13.0. The van der Waals surface area contributed by atoms with Gasteiger partial charge in [-0.1, -0.05) is 0 Å². The van der Waals surface area contributed by atoms with E-state index in [-0.39, 0.29) is 11.7 Å². The predicted octanol–water partition coefficient (Wildman–Crippen LogP) is 2.16. The standard InChI is InChI=1S/C16H18N4O3/c1-9(11-5-6-14(21)15(7-11)23-2)17-20-16(22)13-8-12(18-19-13)10-3-4-10/h5-8,10,21H,3-4H2,1-2H3,(H,18,19)(H,20,22). The van der Waals surface area contributed by atoms with Crippen LogP contribution in [0.1, 0.15) is 47.4 Å². The number of aromatic amines is 1. The topological polar surface area (TPSA) is 99.6 Å². The Labute approximate surface area is 133 Å². The minimum absolute atomic E-state index is 0.0530. The van der Waals surface area contributed by atoms with Crippen LogP contribution in [0.5, 0.6) is 11.5 Å². The summed E-state index contributed by atoms with van der Waals surface area (Å²) in [4.78, 5) is 12.0. The number of carbonyl (C=O) groups excluding carboxylic acids is 1. The summed E-state index contributed by atoms with van der Waals surface area (Å²) in [6.07, 6.45) is 2.28. The first-order valence-corrected chi connectivity index (χ1v) is 7.36. The Morgan fingerprint density at radius 1 is 1.43 bits per heavy atom. The fraction of sp³-hybridized carbons (Fsp3) is 0.312. The summed E-state index contributed by atoms with van der Waals surface area (Å²) in [5, 5.41) is 20.6. The van der Waals surface area contributed by atoms with Crippen LogP contribution in [0.3, 0.4) is 0 Å². The van der Waals surface area contributed by atoms with Gasteiger partial charge in [-0.3, -0.25) is 9.89 Å². The van der Waals surface area contributed by atoms with Gasteiger partial charge in [-0.15, -0.1) is 0 Å². The Kier molecular flexibility index (Phi) is 4.01. The van der Waals surface area contributed by atoms with Crippen molar-refractivity contribution in [2.45, 2.75) is 25.7 Å². The van der Waals surface area contributed by atoms with Crippen LogP contribution in [-0.4, -0.2) is 34.0 Å². The van der Waals surface area contributed by atoms with E-state index in [0.717, 1.165) is 24.1 Å². The van der Waals surface area contributed by atoms with Crippen LogP contribution in [0.2, 0.25) is 0 Å². The number of rotatable bonds is 5. The summed E-state index contributed by atoms with van der Waals surface area (Å²) in [5.74, 6) is 0.555. The maximum Gasteiger partial charge on any atom is 0.291 e. The third kappa shape index (κ3) is 3.33. The normalized spacial score (nSPS) is 14.6. The van der Waals surface area contributed by atoms with Gasteiger partial charge in [-0.25, -0.2) is 5.43 Å². The van der Waals surface area contributed by atoms with E-state index in [0.29, 0.717) is 23.1 Å². The van der Waals surface area contributed by atoms with Crippen LogP contribution in [0.25, 0.3) is 0 Å². The molecule has 3 rings (SSSR count). The monoisotopic (exact) mass is 314 g/mol. The number of hydrazone groups is 1. The first-order chi connectivity index (χ1) is 11.1. The third-order valence-electron chi connectivity index (χ3n) is 3.77. The lowest BCUT2D eigenvalue weighted by atomic mass is 10.1. The van der Waals surface area contributed by atoms with Crippen LogP contribution >= 0.6 is 0 Å². The number of ether oxygens (including phenoxy) is 1. The first-order valence-electron chi connectivity index (χ1n) is 7.36. The van der Waals surface area contributed by atoms with Crippen molar-refractivity contribution in [3.05, 3.63) is 41.2 Å². The summed E-state index contributed by atoms with van der Waals surface area (Å²) in [7, 11) is 1.47. The van der Waals surface area contributed by atoms with Gasteiger partial charge >= 0.3 is 0 Å². The summed E-state index contributed by atoms with van der Waals surface area (Å²) in [6.45, 7) is 1.76. The number of carbonyl (C=O) groups is 1. The molecule has 120 valence electrons. The third-order valence-corrected chi connectivity index (χ3v) is 3.77. The molecule has 0 saturated heterocycles. The zero-order valence-electron chi connectivity index (χ0n) is 13.0. The lowest BCUT2D eigenvalue weighted by Gasteiger charge is -2.06. The molecule has 1 fully saturated rings. The van der Waals surface area contributed by atoms with Gasteiger partial charge in [0.25, 0.3) is 5.91 Å². The van der Waals surface area contributed by atoms with Crippen LogP contribution in [0.15, 0.2) is 29.4 Å². The Morgan fingerprint density at radius 3 is 2.91 bits per heavy atom. The molecule has 1 saturated carbocycles. The molecule has 3 N–H and O–H groups in total. The van der Waals surface area contributed by atoms with Crippen LogP contribution in [-0.2, 0) is 0 Å². The Balaban J connectivity index is 1.69. The number of benzene rings is 1. The minimum Gasteiger partial charge on any atom is -0.504 e. The molecule has 23 heavy (non-hydrogen) atoms. The number of hydrogen-bond donors (Lipinski definition) is 3. The maximum absolute atomic E-state index is 12.0. The van der Waals surface area contributed by atoms with E-state index >= 15 is 0 Å². The highest BCUT2D eigenvalue weighted by molar-refractivity contribution is 6.00. The number of phenolic OH excluding ortho intramolecular Hbond substituents is 1. The van der Waals surface area contributed by atoms with Crippen molar-refractivity contribution in [1.29, 1.82) is 0 Å². The number of phenols is 1. The number of methoxy groups -OCH3 is 1. The molecule has 7 nitrogen and oxygen atoms in total. The fourth-order valence-electron chi connectivity index (χ4n) is 2.22. The molecule has 0 atom stereocenters. The number of nitrogens with zero attached hydrogens (tertiary/aromatic N) is 2. The molecule has 0 aliphatic heterocycles. The minimum atomic E-state index is -0.363. The largest absolute Gasteiger partial charge is 0.504 e. The molecule has 0 bridgehead atoms. The molecular formula is C16H18N4O3. The van der Waals surface area contributed by atoms with Gasteiger partial charge in [0, 0.05) is 17.2 Å². The van der Waals surface area contributed by atoms with Crippen molar-refractivity contribution in [2.24, 2.45) is 5.10 Å². The predicted molar refractivity (Wildman–Crippen MR) is 84.9 cm³/mol. The van der Waals surface area contributed by atoms with Crippen molar-refractivity contribution in [3.8, 4) is 11.5 Å². The van der Waals surface area contributed by atoms with E-state index < -0.39 is 0 Å². The Bertz CT molecular complexity index is 762. The molecule has 1 heterocycles. The van der Waals surface area contributed by atoms with Crippen molar-refractivity contribution in [1.82, 2.24) is 15.6 Å². The van der Waals surface area contributed by atoms with Crippen LogP contribution in [0, 0.1) is 0 Å². The van der Waals surface area contributed by atoms with Gasteiger partial charge in [0.1, 0.15) is 0 Å². The van der Waals surface area contributed by atoms with Gasteiger partial charge in [0.05, 0.1) is 12.8 Å². The van der Waals surface area contributed by atoms with Crippen molar-refractivity contribution in [3.63, 3.8) is 0 Å². The Morgan fingerprint density at radius 2 is 2.22 bits per heavy atom. The second kappa shape index (κ2) is 6.12. The van der Waals surface area contributed by atoms with Crippen molar-refractivity contribution >= 4 is 11.6 Å². The molecule has 0 unspecified atom stereocenters. The highest BCUT2D eigenvalue weighted by atomic mass is 16.5. The summed E-state index contributed by atoms with van der Waals surface area (Å²) >= 11 is 0. The smallest absolute Gasteiger partial charge is 0.291 e. The van der Waals surface area contributed by atoms with E-state index in [2.05, 4.69) is 20.7 Å². The average Bonchev–Trinajstić information content (AvgIpc) is 3.29. The molecule has 0 spiro atoms. The van der Waals surface area contributed by atoms with Gasteiger partial charge in [0.15, 0.2) is 17.2 Å². The van der Waals surface area contributed by atoms with E-state index in [9.17, 15) is 9.90 Å². The first kappa shape index (κ1) is 15.1. The highest BCUT2D eigenvalue weighted by Crippen LogP contribution is 2.38. The number of amides is 1. The highest BCUT2D eigenvalue weighted by Gasteiger charge is 2.26. The van der Waals surface area contributed by atoms with E-state index in [4.69, 9.17) is 4.74 Å². The van der Waals surface area contributed by atoms with Gasteiger partial charge < -0.3 is 9.84 Å². The van der Waals surface area contributed by atoms with Gasteiger partial charge in [-0.2, -0.15) is 10.2 Å². The molecule has 2 aromatic rings. The molecule has 1 aliphatic rings. The molecule has 0 radical (unpaired) electrons. The van der Waals surface area contributed by atoms with Crippen LogP contribution in [0.4, 0.5) is 0 Å². The van der Waals surface area contributed by atoms with Gasteiger partial charge in [0.2, 0.25) is 0 Å². The average molecular weight is 314 g/mol. The van der Waals surface area contributed by atoms with Crippen molar-refractivity contribution in [2.75, 3.05) is 7.11 Å². The summed E-state index contributed by atoms with van der Waals surface area (Å²) in [6, 6.07) is 6.63. The zero-order chi connectivity index (χ0) is 16.4. The fourth-order valence-corrected chi connectivity index (χ4v) is 2.22. The van der Waals surface area contributed by atoms with E-state index in [1.165, 1.54) is 13.2 Å². The number of hydrogen-bond acceptors (Lipinski definition) is 5. The summed E-state index contributed by atoms with van der Waals surface area (Å²) < 4.78 is 5.06. The van der Waals surface area contributed by atoms with Crippen molar-refractivity contribution < 1.29 is 14.6 Å². The van der Waals surface area contributed by atoms with E-state index in [1.54, 1.807) is 25.1 Å². The lowest BCUT2D eigenvalue weighted by Crippen LogP contribution is -2.19. The van der Waals surface area contributed by atoms with Gasteiger partial charge in [-0.05, 0) is 44.0 Å². The SMILES string of the molecule is COc1cc(C(C)=NNC(=O)c2cc(C3CC3)[nH]n2)ccc1O. The molecule has 1 aromatic carbocycles. The van der Waals surface area contributed by atoms with E-state index in [1.807, 2.05) is 0 Å². The molecule has 1 amide bonds.